The minimum atomic E-state index is 0.318. The lowest BCUT2D eigenvalue weighted by atomic mass is 10.2. The fourth-order valence-electron chi connectivity index (χ4n) is 2.58. The SMILES string of the molecule is CCOc1cc(CNc2nnnn2CC)c(Cl)cc1OCc1ccccc1Cl. The summed E-state index contributed by atoms with van der Waals surface area (Å²) in [5.41, 5.74) is 1.74. The first kappa shape index (κ1) is 20.2. The second kappa shape index (κ2) is 9.61. The number of hydrogen-bond donors (Lipinski definition) is 1. The van der Waals surface area contributed by atoms with Gasteiger partial charge in [0.2, 0.25) is 5.95 Å². The molecule has 0 aliphatic carbocycles. The lowest BCUT2D eigenvalue weighted by Gasteiger charge is -2.16. The molecule has 0 atom stereocenters. The minimum absolute atomic E-state index is 0.318. The summed E-state index contributed by atoms with van der Waals surface area (Å²) in [6.45, 7) is 5.82. The van der Waals surface area contributed by atoms with Gasteiger partial charge in [-0.1, -0.05) is 46.5 Å². The van der Waals surface area contributed by atoms with Gasteiger partial charge in [0.25, 0.3) is 0 Å². The first-order valence-corrected chi connectivity index (χ1v) is 9.69. The van der Waals surface area contributed by atoms with Crippen molar-refractivity contribution in [3.8, 4) is 11.5 Å². The van der Waals surface area contributed by atoms with Crippen molar-refractivity contribution in [3.05, 3.63) is 57.6 Å². The van der Waals surface area contributed by atoms with Crippen LogP contribution in [0.2, 0.25) is 10.0 Å². The molecular formula is C19H21Cl2N5O2. The molecule has 3 aromatic rings. The van der Waals surface area contributed by atoms with Crippen LogP contribution in [0.3, 0.4) is 0 Å². The van der Waals surface area contributed by atoms with Gasteiger partial charge in [0.05, 0.1) is 6.61 Å². The largest absolute Gasteiger partial charge is 0.490 e. The summed E-state index contributed by atoms with van der Waals surface area (Å²) in [6.07, 6.45) is 0. The van der Waals surface area contributed by atoms with Crippen molar-refractivity contribution in [1.29, 1.82) is 0 Å². The summed E-state index contributed by atoms with van der Waals surface area (Å²) in [6, 6.07) is 11.2. The Balaban J connectivity index is 1.76. The second-order valence-electron chi connectivity index (χ2n) is 5.88. The van der Waals surface area contributed by atoms with Crippen molar-refractivity contribution in [2.24, 2.45) is 0 Å². The average Bonchev–Trinajstić information content (AvgIpc) is 3.15. The Hall–Kier alpha value is -2.51. The van der Waals surface area contributed by atoms with Crippen molar-refractivity contribution in [3.63, 3.8) is 0 Å². The number of halogens is 2. The van der Waals surface area contributed by atoms with Crippen LogP contribution in [-0.2, 0) is 19.7 Å². The first-order chi connectivity index (χ1) is 13.6. The minimum Gasteiger partial charge on any atom is -0.490 e. The molecule has 148 valence electrons. The third kappa shape index (κ3) is 4.85. The van der Waals surface area contributed by atoms with Crippen molar-refractivity contribution >= 4 is 29.2 Å². The van der Waals surface area contributed by atoms with E-state index in [1.54, 1.807) is 10.7 Å². The topological polar surface area (TPSA) is 74.1 Å². The van der Waals surface area contributed by atoms with Crippen LogP contribution in [0.15, 0.2) is 36.4 Å². The van der Waals surface area contributed by atoms with E-state index in [1.165, 1.54) is 0 Å². The van der Waals surface area contributed by atoms with Gasteiger partial charge in [-0.3, -0.25) is 0 Å². The fraction of sp³-hybridized carbons (Fsp3) is 0.316. The molecule has 0 spiro atoms. The van der Waals surface area contributed by atoms with Gasteiger partial charge >= 0.3 is 0 Å². The molecule has 1 aromatic heterocycles. The number of anilines is 1. The lowest BCUT2D eigenvalue weighted by molar-refractivity contribution is 0.269. The Morgan fingerprint density at radius 2 is 1.79 bits per heavy atom. The number of nitrogens with one attached hydrogen (secondary N) is 1. The number of hydrogen-bond acceptors (Lipinski definition) is 6. The molecule has 0 unspecified atom stereocenters. The van der Waals surface area contributed by atoms with Gasteiger partial charge in [0.1, 0.15) is 6.61 Å². The quantitative estimate of drug-likeness (QED) is 0.544. The van der Waals surface area contributed by atoms with E-state index in [-0.39, 0.29) is 0 Å². The third-order valence-electron chi connectivity index (χ3n) is 4.02. The molecule has 0 fully saturated rings. The Bertz CT molecular complexity index is 932. The molecule has 0 radical (unpaired) electrons. The van der Waals surface area contributed by atoms with E-state index in [1.807, 2.05) is 44.2 Å². The Kier molecular flexibility index (Phi) is 6.95. The number of rotatable bonds is 9. The smallest absolute Gasteiger partial charge is 0.243 e. The molecule has 1 N–H and O–H groups in total. The number of ether oxygens (including phenoxy) is 2. The van der Waals surface area contributed by atoms with Gasteiger partial charge in [0.15, 0.2) is 11.5 Å². The molecule has 0 amide bonds. The molecule has 0 saturated carbocycles. The van der Waals surface area contributed by atoms with E-state index < -0.39 is 0 Å². The van der Waals surface area contributed by atoms with E-state index in [9.17, 15) is 0 Å². The number of tetrazole rings is 1. The zero-order chi connectivity index (χ0) is 19.9. The summed E-state index contributed by atoms with van der Waals surface area (Å²) in [5, 5.41) is 15.9. The molecule has 28 heavy (non-hydrogen) atoms. The molecule has 0 aliphatic rings. The summed E-state index contributed by atoms with van der Waals surface area (Å²) >= 11 is 12.7. The number of aromatic nitrogens is 4. The van der Waals surface area contributed by atoms with Crippen molar-refractivity contribution in [1.82, 2.24) is 20.2 Å². The van der Waals surface area contributed by atoms with Gasteiger partial charge in [-0.15, -0.1) is 0 Å². The highest BCUT2D eigenvalue weighted by Crippen LogP contribution is 2.35. The van der Waals surface area contributed by atoms with Crippen LogP contribution in [0.5, 0.6) is 11.5 Å². The van der Waals surface area contributed by atoms with Gasteiger partial charge < -0.3 is 14.8 Å². The number of aryl methyl sites for hydroxylation is 1. The zero-order valence-corrected chi connectivity index (χ0v) is 17.2. The zero-order valence-electron chi connectivity index (χ0n) is 15.7. The summed E-state index contributed by atoms with van der Waals surface area (Å²) in [7, 11) is 0. The maximum Gasteiger partial charge on any atom is 0.243 e. The summed E-state index contributed by atoms with van der Waals surface area (Å²) in [4.78, 5) is 0. The van der Waals surface area contributed by atoms with Gasteiger partial charge in [-0.25, -0.2) is 4.68 Å². The highest BCUT2D eigenvalue weighted by Gasteiger charge is 2.13. The van der Waals surface area contributed by atoms with Gasteiger partial charge in [0, 0.05) is 34.8 Å². The molecule has 3 rings (SSSR count). The predicted octanol–water partition coefficient (Wildman–Crippen LogP) is 4.59. The molecule has 2 aromatic carbocycles. The fourth-order valence-corrected chi connectivity index (χ4v) is 2.99. The van der Waals surface area contributed by atoms with Crippen LogP contribution in [0.4, 0.5) is 5.95 Å². The van der Waals surface area contributed by atoms with Crippen LogP contribution >= 0.6 is 23.2 Å². The van der Waals surface area contributed by atoms with E-state index >= 15 is 0 Å². The Morgan fingerprint density at radius 3 is 2.54 bits per heavy atom. The molecule has 0 bridgehead atoms. The third-order valence-corrected chi connectivity index (χ3v) is 4.74. The van der Waals surface area contributed by atoms with E-state index in [0.717, 1.165) is 11.1 Å². The second-order valence-corrected chi connectivity index (χ2v) is 6.69. The molecule has 0 saturated heterocycles. The molecule has 7 nitrogen and oxygen atoms in total. The standard InChI is InChI=1S/C19H21Cl2N5O2/c1-3-26-19(23-24-25-26)22-11-14-9-17(27-4-2)18(10-16(14)21)28-12-13-7-5-6-8-15(13)20/h5-10H,3-4,11-12H2,1-2H3,(H,22,23,25). The predicted molar refractivity (Wildman–Crippen MR) is 109 cm³/mol. The monoisotopic (exact) mass is 421 g/mol. The molecule has 1 heterocycles. The molecule has 0 aliphatic heterocycles. The van der Waals surface area contributed by atoms with Crippen LogP contribution in [0.25, 0.3) is 0 Å². The van der Waals surface area contributed by atoms with Crippen LogP contribution in [0.1, 0.15) is 25.0 Å². The van der Waals surface area contributed by atoms with Crippen molar-refractivity contribution in [2.75, 3.05) is 11.9 Å². The van der Waals surface area contributed by atoms with Crippen LogP contribution in [0, 0.1) is 0 Å². The summed E-state index contributed by atoms with van der Waals surface area (Å²) < 4.78 is 13.3. The first-order valence-electron chi connectivity index (χ1n) is 8.93. The van der Waals surface area contributed by atoms with Crippen molar-refractivity contribution in [2.45, 2.75) is 33.5 Å². The van der Waals surface area contributed by atoms with Crippen molar-refractivity contribution < 1.29 is 9.47 Å². The molecular weight excluding hydrogens is 401 g/mol. The lowest BCUT2D eigenvalue weighted by Crippen LogP contribution is -2.09. The average molecular weight is 422 g/mol. The van der Waals surface area contributed by atoms with Crippen LogP contribution < -0.4 is 14.8 Å². The van der Waals surface area contributed by atoms with E-state index in [2.05, 4.69) is 20.8 Å². The van der Waals surface area contributed by atoms with Gasteiger partial charge in [-0.05, 0) is 42.0 Å². The van der Waals surface area contributed by atoms with Gasteiger partial charge in [-0.2, -0.15) is 0 Å². The van der Waals surface area contributed by atoms with E-state index in [0.29, 0.717) is 53.8 Å². The summed E-state index contributed by atoms with van der Waals surface area (Å²) in [5.74, 6) is 1.76. The number of benzene rings is 2. The molecule has 9 heteroatoms. The highest BCUT2D eigenvalue weighted by atomic mass is 35.5. The maximum atomic E-state index is 6.47. The van der Waals surface area contributed by atoms with Crippen LogP contribution in [-0.4, -0.2) is 26.8 Å². The normalized spacial score (nSPS) is 10.7. The highest BCUT2D eigenvalue weighted by molar-refractivity contribution is 6.31. The Morgan fingerprint density at radius 1 is 1.00 bits per heavy atom. The number of nitrogens with zero attached hydrogens (tertiary/aromatic N) is 4. The maximum absolute atomic E-state index is 6.47. The Labute approximate surface area is 173 Å². The van der Waals surface area contributed by atoms with E-state index in [4.69, 9.17) is 32.7 Å².